The van der Waals surface area contributed by atoms with Crippen LogP contribution in [0.1, 0.15) is 30.3 Å². The number of nitrogens with zero attached hydrogens (tertiary/aromatic N) is 6. The Kier molecular flexibility index (Phi) is 4.40. The van der Waals surface area contributed by atoms with Crippen molar-refractivity contribution in [1.29, 1.82) is 0 Å². The van der Waals surface area contributed by atoms with E-state index >= 15 is 0 Å². The minimum Gasteiger partial charge on any atom is -0.329 e. The van der Waals surface area contributed by atoms with Gasteiger partial charge in [0.15, 0.2) is 11.5 Å². The molecule has 144 valence electrons. The van der Waals surface area contributed by atoms with Crippen LogP contribution < -0.4 is 0 Å². The molecule has 5 rings (SSSR count). The van der Waals surface area contributed by atoms with Crippen LogP contribution in [0.5, 0.6) is 0 Å². The molecule has 1 aliphatic rings. The van der Waals surface area contributed by atoms with E-state index in [1.165, 1.54) is 0 Å². The standard InChI is InChI=1S/C22H20N6O/c29-21(12-11-17-15-23-28(16-17)18-7-2-1-3-8-18)26-14-6-9-19(26)22-25-24-20-10-4-5-13-27(20)22/h1-5,7-8,10-13,15-16,19H,6,9,14H2/b12-11+. The predicted octanol–water partition coefficient (Wildman–Crippen LogP) is 3.29. The predicted molar refractivity (Wildman–Crippen MR) is 109 cm³/mol. The van der Waals surface area contributed by atoms with E-state index in [-0.39, 0.29) is 11.9 Å². The molecule has 0 bridgehead atoms. The number of benzene rings is 1. The number of hydrogen-bond donors (Lipinski definition) is 0. The molecule has 0 radical (unpaired) electrons. The van der Waals surface area contributed by atoms with Crippen molar-refractivity contribution >= 4 is 17.6 Å². The number of amides is 1. The second-order valence-electron chi connectivity index (χ2n) is 7.06. The van der Waals surface area contributed by atoms with Gasteiger partial charge in [0.1, 0.15) is 0 Å². The molecule has 1 aliphatic heterocycles. The van der Waals surface area contributed by atoms with Gasteiger partial charge in [-0.25, -0.2) is 4.68 Å². The second-order valence-corrected chi connectivity index (χ2v) is 7.06. The summed E-state index contributed by atoms with van der Waals surface area (Å²) in [7, 11) is 0. The average Bonchev–Trinajstić information content (AvgIpc) is 3.51. The summed E-state index contributed by atoms with van der Waals surface area (Å²) in [6.07, 6.45) is 10.9. The Morgan fingerprint density at radius 3 is 2.83 bits per heavy atom. The fourth-order valence-corrected chi connectivity index (χ4v) is 3.79. The lowest BCUT2D eigenvalue weighted by Crippen LogP contribution is -2.30. The van der Waals surface area contributed by atoms with Gasteiger partial charge in [0.25, 0.3) is 0 Å². The molecule has 1 atom stereocenters. The summed E-state index contributed by atoms with van der Waals surface area (Å²) in [4.78, 5) is 14.8. The van der Waals surface area contributed by atoms with Crippen LogP contribution in [0.2, 0.25) is 0 Å². The van der Waals surface area contributed by atoms with Gasteiger partial charge in [-0.1, -0.05) is 24.3 Å². The quantitative estimate of drug-likeness (QED) is 0.506. The summed E-state index contributed by atoms with van der Waals surface area (Å²) in [5.74, 6) is 0.796. The Labute approximate surface area is 167 Å². The number of carbonyl (C=O) groups excluding carboxylic acids is 1. The molecule has 3 aromatic heterocycles. The molecular weight excluding hydrogens is 364 g/mol. The highest BCUT2D eigenvalue weighted by Gasteiger charge is 2.32. The zero-order valence-electron chi connectivity index (χ0n) is 15.8. The maximum Gasteiger partial charge on any atom is 0.247 e. The number of fused-ring (bicyclic) bond motifs is 1. The van der Waals surface area contributed by atoms with Gasteiger partial charge in [-0.2, -0.15) is 5.10 Å². The number of hydrogen-bond acceptors (Lipinski definition) is 4. The van der Waals surface area contributed by atoms with Gasteiger partial charge in [-0.05, 0) is 43.2 Å². The number of carbonyl (C=O) groups is 1. The van der Waals surface area contributed by atoms with Crippen molar-refractivity contribution in [3.63, 3.8) is 0 Å². The van der Waals surface area contributed by atoms with Crippen LogP contribution in [0.15, 0.2) is 73.2 Å². The van der Waals surface area contributed by atoms with Crippen LogP contribution in [-0.2, 0) is 4.79 Å². The second kappa shape index (κ2) is 7.35. The molecule has 1 unspecified atom stereocenters. The van der Waals surface area contributed by atoms with Crippen LogP contribution in [0.4, 0.5) is 0 Å². The first-order valence-corrected chi connectivity index (χ1v) is 9.68. The van der Waals surface area contributed by atoms with Gasteiger partial charge in [0.05, 0.1) is 17.9 Å². The van der Waals surface area contributed by atoms with Crippen LogP contribution in [0, 0.1) is 0 Å². The van der Waals surface area contributed by atoms with Crippen LogP contribution >= 0.6 is 0 Å². The minimum atomic E-state index is -0.0587. The maximum atomic E-state index is 12.9. The van der Waals surface area contributed by atoms with Crippen molar-refractivity contribution in [3.05, 3.63) is 84.6 Å². The minimum absolute atomic E-state index is 0.0207. The van der Waals surface area contributed by atoms with Crippen molar-refractivity contribution in [2.75, 3.05) is 6.54 Å². The van der Waals surface area contributed by atoms with E-state index in [9.17, 15) is 4.79 Å². The lowest BCUT2D eigenvalue weighted by molar-refractivity contribution is -0.127. The van der Waals surface area contributed by atoms with Crippen molar-refractivity contribution in [3.8, 4) is 5.69 Å². The topological polar surface area (TPSA) is 68.3 Å². The zero-order chi connectivity index (χ0) is 19.6. The van der Waals surface area contributed by atoms with E-state index < -0.39 is 0 Å². The Bertz CT molecular complexity index is 1180. The van der Waals surface area contributed by atoms with Crippen molar-refractivity contribution in [2.45, 2.75) is 18.9 Å². The molecule has 0 saturated carbocycles. The third-order valence-electron chi connectivity index (χ3n) is 5.22. The van der Waals surface area contributed by atoms with Gasteiger partial charge in [-0.3, -0.25) is 9.20 Å². The van der Waals surface area contributed by atoms with E-state index in [1.54, 1.807) is 17.0 Å². The number of pyridine rings is 1. The van der Waals surface area contributed by atoms with Gasteiger partial charge < -0.3 is 4.90 Å². The zero-order valence-corrected chi connectivity index (χ0v) is 15.8. The van der Waals surface area contributed by atoms with E-state index in [1.807, 2.05) is 76.3 Å². The molecule has 0 spiro atoms. The fourth-order valence-electron chi connectivity index (χ4n) is 3.79. The molecule has 4 heterocycles. The average molecular weight is 384 g/mol. The maximum absolute atomic E-state index is 12.9. The summed E-state index contributed by atoms with van der Waals surface area (Å²) < 4.78 is 3.76. The molecule has 7 heteroatoms. The van der Waals surface area contributed by atoms with Crippen molar-refractivity contribution in [2.24, 2.45) is 0 Å². The summed E-state index contributed by atoms with van der Waals surface area (Å²) in [6.45, 7) is 0.721. The Balaban J connectivity index is 1.34. The highest BCUT2D eigenvalue weighted by molar-refractivity contribution is 5.92. The van der Waals surface area contributed by atoms with E-state index in [0.29, 0.717) is 0 Å². The summed E-state index contributed by atoms with van der Waals surface area (Å²) in [5, 5.41) is 12.9. The number of para-hydroxylation sites is 1. The van der Waals surface area contributed by atoms with Crippen molar-refractivity contribution < 1.29 is 4.79 Å². The molecule has 1 amide bonds. The molecule has 4 aromatic rings. The SMILES string of the molecule is O=C(/C=C/c1cnn(-c2ccccc2)c1)N1CCCC1c1nnc2ccccn12. The fraction of sp³-hybridized carbons (Fsp3) is 0.182. The monoisotopic (exact) mass is 384 g/mol. The molecule has 7 nitrogen and oxygen atoms in total. The molecule has 1 aromatic carbocycles. The molecule has 0 aliphatic carbocycles. The number of rotatable bonds is 4. The first kappa shape index (κ1) is 17.4. The summed E-state index contributed by atoms with van der Waals surface area (Å²) in [6, 6.07) is 15.6. The highest BCUT2D eigenvalue weighted by atomic mass is 16.2. The number of likely N-dealkylation sites (tertiary alicyclic amines) is 1. The van der Waals surface area contributed by atoms with Crippen LogP contribution in [0.25, 0.3) is 17.4 Å². The summed E-state index contributed by atoms with van der Waals surface area (Å²) >= 11 is 0. The molecular formula is C22H20N6O. The Morgan fingerprint density at radius 1 is 1.07 bits per heavy atom. The van der Waals surface area contributed by atoms with Crippen LogP contribution in [0.3, 0.4) is 0 Å². The number of aromatic nitrogens is 5. The third-order valence-corrected chi connectivity index (χ3v) is 5.22. The van der Waals surface area contributed by atoms with E-state index in [2.05, 4.69) is 15.3 Å². The van der Waals surface area contributed by atoms with Gasteiger partial charge in [0, 0.05) is 30.6 Å². The van der Waals surface area contributed by atoms with Gasteiger partial charge in [-0.15, -0.1) is 10.2 Å². The molecule has 29 heavy (non-hydrogen) atoms. The molecule has 0 N–H and O–H groups in total. The van der Waals surface area contributed by atoms with E-state index in [4.69, 9.17) is 0 Å². The third kappa shape index (κ3) is 3.31. The Morgan fingerprint density at radius 2 is 1.93 bits per heavy atom. The lowest BCUT2D eigenvalue weighted by Gasteiger charge is -2.22. The van der Waals surface area contributed by atoms with Crippen molar-refractivity contribution in [1.82, 2.24) is 29.3 Å². The van der Waals surface area contributed by atoms with Gasteiger partial charge >= 0.3 is 0 Å². The summed E-state index contributed by atoms with van der Waals surface area (Å²) in [5.41, 5.74) is 2.66. The molecule has 1 fully saturated rings. The van der Waals surface area contributed by atoms with E-state index in [0.717, 1.165) is 42.1 Å². The van der Waals surface area contributed by atoms with Gasteiger partial charge in [0.2, 0.25) is 5.91 Å². The Hall–Kier alpha value is -3.74. The lowest BCUT2D eigenvalue weighted by atomic mass is 10.2. The molecule has 1 saturated heterocycles. The largest absolute Gasteiger partial charge is 0.329 e. The first-order chi connectivity index (χ1) is 14.3. The first-order valence-electron chi connectivity index (χ1n) is 9.68. The van der Waals surface area contributed by atoms with Crippen LogP contribution in [-0.4, -0.2) is 41.7 Å². The normalized spacial score (nSPS) is 16.8. The highest BCUT2D eigenvalue weighted by Crippen LogP contribution is 2.31. The smallest absolute Gasteiger partial charge is 0.247 e.